The van der Waals surface area contributed by atoms with Crippen molar-refractivity contribution >= 4 is 17.3 Å². The number of benzene rings is 1. The highest BCUT2D eigenvalue weighted by Crippen LogP contribution is 2.25. The summed E-state index contributed by atoms with van der Waals surface area (Å²) in [7, 11) is 0. The molecule has 1 aliphatic heterocycles. The predicted molar refractivity (Wildman–Crippen MR) is 71.8 cm³/mol. The van der Waals surface area contributed by atoms with Gasteiger partial charge < -0.3 is 0 Å². The number of hydrogen-bond acceptors (Lipinski definition) is 3. The minimum absolute atomic E-state index is 0.0519. The van der Waals surface area contributed by atoms with E-state index in [2.05, 4.69) is 11.8 Å². The van der Waals surface area contributed by atoms with E-state index in [1.807, 2.05) is 0 Å². The molecular weight excluding hydrogens is 252 g/mol. The third-order valence-electron chi connectivity index (χ3n) is 3.52. The SMILES string of the molecule is CC1CCN(Cc2ccc([N+](=O)[O-])cc2Cl)CC1. The van der Waals surface area contributed by atoms with Gasteiger partial charge in [-0.25, -0.2) is 0 Å². The zero-order valence-corrected chi connectivity index (χ0v) is 11.2. The monoisotopic (exact) mass is 268 g/mol. The minimum atomic E-state index is -0.418. The van der Waals surface area contributed by atoms with Crippen LogP contribution in [0.4, 0.5) is 5.69 Å². The van der Waals surface area contributed by atoms with Gasteiger partial charge >= 0.3 is 0 Å². The van der Waals surface area contributed by atoms with Gasteiger partial charge in [-0.1, -0.05) is 18.5 Å². The van der Waals surface area contributed by atoms with Crippen molar-refractivity contribution in [2.75, 3.05) is 13.1 Å². The number of rotatable bonds is 3. The lowest BCUT2D eigenvalue weighted by Crippen LogP contribution is -2.32. The number of nitrogens with zero attached hydrogens (tertiary/aromatic N) is 2. The van der Waals surface area contributed by atoms with Gasteiger partial charge in [0, 0.05) is 18.7 Å². The van der Waals surface area contributed by atoms with E-state index < -0.39 is 4.92 Å². The Morgan fingerprint density at radius 1 is 1.44 bits per heavy atom. The van der Waals surface area contributed by atoms with Gasteiger partial charge in [0.15, 0.2) is 0 Å². The molecule has 1 fully saturated rings. The summed E-state index contributed by atoms with van der Waals surface area (Å²) in [5.74, 6) is 0.800. The quantitative estimate of drug-likeness (QED) is 0.623. The van der Waals surface area contributed by atoms with Crippen LogP contribution in [0.1, 0.15) is 25.3 Å². The Hall–Kier alpha value is -1.13. The van der Waals surface area contributed by atoms with E-state index in [-0.39, 0.29) is 5.69 Å². The average molecular weight is 269 g/mol. The molecule has 0 unspecified atom stereocenters. The summed E-state index contributed by atoms with van der Waals surface area (Å²) in [6.45, 7) is 5.21. The van der Waals surface area contributed by atoms with E-state index in [1.54, 1.807) is 6.07 Å². The first-order chi connectivity index (χ1) is 8.56. The summed E-state index contributed by atoms with van der Waals surface area (Å²) in [6, 6.07) is 4.72. The Balaban J connectivity index is 2.03. The molecule has 1 aliphatic rings. The van der Waals surface area contributed by atoms with Gasteiger partial charge in [0.25, 0.3) is 5.69 Å². The van der Waals surface area contributed by atoms with Crippen molar-refractivity contribution in [2.24, 2.45) is 5.92 Å². The Morgan fingerprint density at radius 2 is 2.11 bits per heavy atom. The Labute approximate surface area is 112 Å². The summed E-state index contributed by atoms with van der Waals surface area (Å²) < 4.78 is 0. The smallest absolute Gasteiger partial charge is 0.270 e. The summed E-state index contributed by atoms with van der Waals surface area (Å²) in [5.41, 5.74) is 1.02. The van der Waals surface area contributed by atoms with Crippen LogP contribution in [0.3, 0.4) is 0 Å². The van der Waals surface area contributed by atoms with Crippen molar-refractivity contribution in [3.8, 4) is 0 Å². The second kappa shape index (κ2) is 5.67. The normalized spacial score (nSPS) is 17.9. The average Bonchev–Trinajstić information content (AvgIpc) is 2.34. The second-order valence-corrected chi connectivity index (χ2v) is 5.40. The number of halogens is 1. The number of non-ortho nitro benzene ring substituents is 1. The van der Waals surface area contributed by atoms with E-state index in [4.69, 9.17) is 11.6 Å². The van der Waals surface area contributed by atoms with Crippen molar-refractivity contribution < 1.29 is 4.92 Å². The Bertz CT molecular complexity index is 443. The van der Waals surface area contributed by atoms with E-state index in [0.717, 1.165) is 31.1 Å². The van der Waals surface area contributed by atoms with Crippen molar-refractivity contribution in [2.45, 2.75) is 26.3 Å². The molecule has 98 valence electrons. The van der Waals surface area contributed by atoms with Crippen LogP contribution < -0.4 is 0 Å². The van der Waals surface area contributed by atoms with Crippen LogP contribution in [0.5, 0.6) is 0 Å². The van der Waals surface area contributed by atoms with Crippen LogP contribution in [0.25, 0.3) is 0 Å². The minimum Gasteiger partial charge on any atom is -0.299 e. The zero-order valence-electron chi connectivity index (χ0n) is 10.4. The molecule has 1 heterocycles. The molecular formula is C13H17ClN2O2. The van der Waals surface area contributed by atoms with Crippen LogP contribution >= 0.6 is 11.6 Å². The molecule has 2 rings (SSSR count). The largest absolute Gasteiger partial charge is 0.299 e. The van der Waals surface area contributed by atoms with Crippen molar-refractivity contribution in [3.63, 3.8) is 0 Å². The lowest BCUT2D eigenvalue weighted by molar-refractivity contribution is -0.384. The summed E-state index contributed by atoms with van der Waals surface area (Å²) in [5, 5.41) is 11.1. The second-order valence-electron chi connectivity index (χ2n) is 4.99. The molecule has 5 heteroatoms. The number of nitro benzene ring substituents is 1. The lowest BCUT2D eigenvalue weighted by Gasteiger charge is -2.30. The maximum atomic E-state index is 10.6. The van der Waals surface area contributed by atoms with Crippen LogP contribution in [-0.4, -0.2) is 22.9 Å². The summed E-state index contributed by atoms with van der Waals surface area (Å²) in [6.07, 6.45) is 2.43. The number of nitro groups is 1. The van der Waals surface area contributed by atoms with E-state index in [1.165, 1.54) is 25.0 Å². The molecule has 0 amide bonds. The fourth-order valence-electron chi connectivity index (χ4n) is 2.24. The summed E-state index contributed by atoms with van der Waals surface area (Å²) >= 11 is 6.09. The van der Waals surface area contributed by atoms with Gasteiger partial charge in [0.05, 0.1) is 9.95 Å². The Kier molecular flexibility index (Phi) is 4.19. The van der Waals surface area contributed by atoms with E-state index in [9.17, 15) is 10.1 Å². The van der Waals surface area contributed by atoms with E-state index in [0.29, 0.717) is 5.02 Å². The first-order valence-electron chi connectivity index (χ1n) is 6.21. The molecule has 1 aromatic carbocycles. The number of hydrogen-bond donors (Lipinski definition) is 0. The summed E-state index contributed by atoms with van der Waals surface area (Å²) in [4.78, 5) is 12.6. The predicted octanol–water partition coefficient (Wildman–Crippen LogP) is 3.48. The van der Waals surface area contributed by atoms with Crippen LogP contribution in [0, 0.1) is 16.0 Å². The van der Waals surface area contributed by atoms with Gasteiger partial charge in [0.1, 0.15) is 0 Å². The van der Waals surface area contributed by atoms with Crippen LogP contribution in [0.2, 0.25) is 5.02 Å². The molecule has 0 aromatic heterocycles. The van der Waals surface area contributed by atoms with Crippen LogP contribution in [-0.2, 0) is 6.54 Å². The molecule has 0 saturated carbocycles. The molecule has 18 heavy (non-hydrogen) atoms. The Morgan fingerprint density at radius 3 is 2.67 bits per heavy atom. The lowest BCUT2D eigenvalue weighted by atomic mass is 9.99. The van der Waals surface area contributed by atoms with Crippen molar-refractivity contribution in [1.82, 2.24) is 4.90 Å². The standard InChI is InChI=1S/C13H17ClN2O2/c1-10-4-6-15(7-5-10)9-11-2-3-12(16(17)18)8-13(11)14/h2-3,8,10H,4-7,9H2,1H3. The molecule has 0 spiro atoms. The fourth-order valence-corrected chi connectivity index (χ4v) is 2.47. The molecule has 0 radical (unpaired) electrons. The van der Waals surface area contributed by atoms with E-state index >= 15 is 0 Å². The van der Waals surface area contributed by atoms with Gasteiger partial charge in [0.2, 0.25) is 0 Å². The molecule has 0 aliphatic carbocycles. The van der Waals surface area contributed by atoms with Crippen molar-refractivity contribution in [3.05, 3.63) is 38.9 Å². The van der Waals surface area contributed by atoms with Gasteiger partial charge in [-0.15, -0.1) is 0 Å². The molecule has 1 aromatic rings. The van der Waals surface area contributed by atoms with Crippen molar-refractivity contribution in [1.29, 1.82) is 0 Å². The highest BCUT2D eigenvalue weighted by Gasteiger charge is 2.17. The molecule has 0 atom stereocenters. The molecule has 0 bridgehead atoms. The fraction of sp³-hybridized carbons (Fsp3) is 0.538. The maximum absolute atomic E-state index is 10.6. The zero-order chi connectivity index (χ0) is 13.1. The highest BCUT2D eigenvalue weighted by atomic mass is 35.5. The highest BCUT2D eigenvalue weighted by molar-refractivity contribution is 6.31. The molecule has 0 N–H and O–H groups in total. The molecule has 4 nitrogen and oxygen atoms in total. The molecule has 1 saturated heterocycles. The first-order valence-corrected chi connectivity index (χ1v) is 6.59. The third kappa shape index (κ3) is 3.21. The van der Waals surface area contributed by atoms with Gasteiger partial charge in [-0.2, -0.15) is 0 Å². The van der Waals surface area contributed by atoms with Gasteiger partial charge in [-0.05, 0) is 43.5 Å². The maximum Gasteiger partial charge on any atom is 0.270 e. The topological polar surface area (TPSA) is 46.4 Å². The number of likely N-dealkylation sites (tertiary alicyclic amines) is 1. The first kappa shape index (κ1) is 13.3. The number of piperidine rings is 1. The third-order valence-corrected chi connectivity index (χ3v) is 3.87. The van der Waals surface area contributed by atoms with Crippen LogP contribution in [0.15, 0.2) is 18.2 Å². The van der Waals surface area contributed by atoms with Gasteiger partial charge in [-0.3, -0.25) is 15.0 Å².